The number of nitrogens with zero attached hydrogens (tertiary/aromatic N) is 3. The summed E-state index contributed by atoms with van der Waals surface area (Å²) >= 11 is 3.42. The van der Waals surface area contributed by atoms with Gasteiger partial charge in [-0.25, -0.2) is 0 Å². The first kappa shape index (κ1) is 21.2. The van der Waals surface area contributed by atoms with E-state index in [9.17, 15) is 9.59 Å². The fraction of sp³-hybridized carbons (Fsp3) is 0.304. The van der Waals surface area contributed by atoms with Gasteiger partial charge in [0.05, 0.1) is 12.3 Å². The van der Waals surface area contributed by atoms with Crippen LogP contribution in [0, 0.1) is 0 Å². The quantitative estimate of drug-likeness (QED) is 0.581. The summed E-state index contributed by atoms with van der Waals surface area (Å²) in [4.78, 5) is 30.4. The molecule has 160 valence electrons. The Morgan fingerprint density at radius 3 is 2.61 bits per heavy atom. The molecule has 1 aromatic heterocycles. The average Bonchev–Trinajstić information content (AvgIpc) is 3.26. The van der Waals surface area contributed by atoms with E-state index in [4.69, 9.17) is 4.52 Å². The van der Waals surface area contributed by atoms with Gasteiger partial charge in [0.15, 0.2) is 0 Å². The number of anilines is 1. The van der Waals surface area contributed by atoms with Gasteiger partial charge in [-0.05, 0) is 54.8 Å². The predicted octanol–water partition coefficient (Wildman–Crippen LogP) is 4.41. The fourth-order valence-electron chi connectivity index (χ4n) is 3.72. The fourth-order valence-corrected chi connectivity index (χ4v) is 3.98. The first-order valence-corrected chi connectivity index (χ1v) is 11.0. The van der Waals surface area contributed by atoms with Gasteiger partial charge in [0.2, 0.25) is 23.5 Å². The maximum Gasteiger partial charge on any atom is 0.231 e. The summed E-state index contributed by atoms with van der Waals surface area (Å²) < 4.78 is 6.54. The number of carbonyl (C=O) groups is 2. The van der Waals surface area contributed by atoms with Crippen molar-refractivity contribution in [1.82, 2.24) is 15.0 Å². The molecule has 1 aliphatic rings. The van der Waals surface area contributed by atoms with E-state index in [1.165, 1.54) is 6.92 Å². The van der Waals surface area contributed by atoms with Gasteiger partial charge < -0.3 is 14.7 Å². The zero-order chi connectivity index (χ0) is 21.8. The van der Waals surface area contributed by atoms with Crippen LogP contribution in [0.5, 0.6) is 0 Å². The second kappa shape index (κ2) is 9.43. The number of amides is 2. The van der Waals surface area contributed by atoms with Crippen LogP contribution in [0.25, 0.3) is 11.4 Å². The number of benzene rings is 2. The molecule has 0 unspecified atom stereocenters. The van der Waals surface area contributed by atoms with Crippen LogP contribution in [0.2, 0.25) is 0 Å². The molecule has 1 fully saturated rings. The van der Waals surface area contributed by atoms with Gasteiger partial charge in [0.1, 0.15) is 0 Å². The summed E-state index contributed by atoms with van der Waals surface area (Å²) in [6.07, 6.45) is 2.20. The molecule has 2 heterocycles. The van der Waals surface area contributed by atoms with E-state index < -0.39 is 0 Å². The lowest BCUT2D eigenvalue weighted by Gasteiger charge is -2.31. The monoisotopic (exact) mass is 482 g/mol. The summed E-state index contributed by atoms with van der Waals surface area (Å²) in [5.74, 6) is 1.08. The van der Waals surface area contributed by atoms with Gasteiger partial charge in [-0.3, -0.25) is 9.59 Å². The smallest absolute Gasteiger partial charge is 0.231 e. The molecule has 8 heteroatoms. The van der Waals surface area contributed by atoms with Gasteiger partial charge in [0, 0.05) is 35.7 Å². The topological polar surface area (TPSA) is 88.3 Å². The summed E-state index contributed by atoms with van der Waals surface area (Å²) in [7, 11) is 0. The third-order valence-electron chi connectivity index (χ3n) is 5.30. The molecule has 3 aromatic rings. The van der Waals surface area contributed by atoms with Crippen LogP contribution in [0.3, 0.4) is 0 Å². The second-order valence-corrected chi connectivity index (χ2v) is 8.61. The van der Waals surface area contributed by atoms with Crippen LogP contribution in [-0.2, 0) is 16.0 Å². The standard InChI is InChI=1S/C23H23BrN4O3/c1-15(29)25-20-10-6-17(7-11-20)22-26-23(31-27-22)18-3-2-12-28(14-18)21(30)13-16-4-8-19(24)9-5-16/h4-11,18H,2-3,12-14H2,1H3,(H,25,29)/t18-/m0/s1. The highest BCUT2D eigenvalue weighted by Gasteiger charge is 2.28. The largest absolute Gasteiger partial charge is 0.342 e. The number of carbonyl (C=O) groups excluding carboxylic acids is 2. The van der Waals surface area contributed by atoms with E-state index in [0.29, 0.717) is 30.4 Å². The minimum atomic E-state index is -0.119. The number of hydrogen-bond acceptors (Lipinski definition) is 5. The van der Waals surface area contributed by atoms with Crippen LogP contribution in [0.4, 0.5) is 5.69 Å². The Morgan fingerprint density at radius 1 is 1.16 bits per heavy atom. The highest BCUT2D eigenvalue weighted by atomic mass is 79.9. The van der Waals surface area contributed by atoms with Crippen LogP contribution >= 0.6 is 15.9 Å². The van der Waals surface area contributed by atoms with Crippen molar-refractivity contribution in [3.05, 3.63) is 64.5 Å². The van der Waals surface area contributed by atoms with Gasteiger partial charge in [-0.2, -0.15) is 4.98 Å². The van der Waals surface area contributed by atoms with Crippen molar-refractivity contribution >= 4 is 33.4 Å². The first-order chi connectivity index (χ1) is 15.0. The number of piperidine rings is 1. The van der Waals surface area contributed by atoms with Gasteiger partial charge in [-0.15, -0.1) is 0 Å². The van der Waals surface area contributed by atoms with Crippen molar-refractivity contribution < 1.29 is 14.1 Å². The Balaban J connectivity index is 1.40. The Labute approximate surface area is 189 Å². The van der Waals surface area contributed by atoms with Crippen LogP contribution in [0.1, 0.15) is 37.1 Å². The molecule has 0 saturated carbocycles. The maximum absolute atomic E-state index is 12.8. The number of nitrogens with one attached hydrogen (secondary N) is 1. The Morgan fingerprint density at radius 2 is 1.90 bits per heavy atom. The van der Waals surface area contributed by atoms with Crippen LogP contribution in [-0.4, -0.2) is 39.9 Å². The molecule has 31 heavy (non-hydrogen) atoms. The molecule has 4 rings (SSSR count). The lowest BCUT2D eigenvalue weighted by Crippen LogP contribution is -2.40. The van der Waals surface area contributed by atoms with Crippen molar-refractivity contribution in [3.63, 3.8) is 0 Å². The summed E-state index contributed by atoms with van der Waals surface area (Å²) in [6.45, 7) is 2.80. The molecule has 0 radical (unpaired) electrons. The van der Waals surface area contributed by atoms with Crippen molar-refractivity contribution in [1.29, 1.82) is 0 Å². The first-order valence-electron chi connectivity index (χ1n) is 10.2. The van der Waals surface area contributed by atoms with E-state index in [0.717, 1.165) is 35.0 Å². The summed E-state index contributed by atoms with van der Waals surface area (Å²) in [6, 6.07) is 15.1. The third kappa shape index (κ3) is 5.38. The Bertz CT molecular complexity index is 1060. The van der Waals surface area contributed by atoms with E-state index in [2.05, 4.69) is 31.4 Å². The molecule has 0 aliphatic carbocycles. The van der Waals surface area contributed by atoms with Crippen LogP contribution in [0.15, 0.2) is 57.5 Å². The second-order valence-electron chi connectivity index (χ2n) is 7.70. The molecular weight excluding hydrogens is 460 g/mol. The lowest BCUT2D eigenvalue weighted by atomic mass is 9.97. The maximum atomic E-state index is 12.8. The van der Waals surface area contributed by atoms with E-state index >= 15 is 0 Å². The lowest BCUT2D eigenvalue weighted by molar-refractivity contribution is -0.131. The van der Waals surface area contributed by atoms with Gasteiger partial charge >= 0.3 is 0 Å². The van der Waals surface area contributed by atoms with Crippen molar-refractivity contribution in [2.75, 3.05) is 18.4 Å². The SMILES string of the molecule is CC(=O)Nc1ccc(-c2noc([C@H]3CCCN(C(=O)Cc4ccc(Br)cc4)C3)n2)cc1. The van der Waals surface area contributed by atoms with E-state index in [1.54, 1.807) is 12.1 Å². The highest BCUT2D eigenvalue weighted by Crippen LogP contribution is 2.28. The zero-order valence-corrected chi connectivity index (χ0v) is 18.8. The van der Waals surface area contributed by atoms with Crippen molar-refractivity contribution in [2.24, 2.45) is 0 Å². The molecule has 1 saturated heterocycles. The molecule has 2 amide bonds. The van der Waals surface area contributed by atoms with Gasteiger partial charge in [0.25, 0.3) is 0 Å². The normalized spacial score (nSPS) is 16.2. The molecule has 1 N–H and O–H groups in total. The molecule has 2 aromatic carbocycles. The highest BCUT2D eigenvalue weighted by molar-refractivity contribution is 9.10. The third-order valence-corrected chi connectivity index (χ3v) is 5.83. The molecular formula is C23H23BrN4O3. The Kier molecular flexibility index (Phi) is 6.46. The summed E-state index contributed by atoms with van der Waals surface area (Å²) in [5, 5.41) is 6.85. The van der Waals surface area contributed by atoms with Crippen molar-refractivity contribution in [2.45, 2.75) is 32.1 Å². The number of hydrogen-bond donors (Lipinski definition) is 1. The van der Waals surface area contributed by atoms with Gasteiger partial charge in [-0.1, -0.05) is 33.2 Å². The molecule has 0 spiro atoms. The van der Waals surface area contributed by atoms with Crippen molar-refractivity contribution in [3.8, 4) is 11.4 Å². The van der Waals surface area contributed by atoms with E-state index in [1.807, 2.05) is 41.3 Å². The zero-order valence-electron chi connectivity index (χ0n) is 17.2. The molecule has 7 nitrogen and oxygen atoms in total. The van der Waals surface area contributed by atoms with E-state index in [-0.39, 0.29) is 17.7 Å². The minimum Gasteiger partial charge on any atom is -0.342 e. The number of halogens is 1. The predicted molar refractivity (Wildman–Crippen MR) is 120 cm³/mol. The molecule has 0 bridgehead atoms. The number of aromatic nitrogens is 2. The molecule has 1 atom stereocenters. The number of likely N-dealkylation sites (tertiary alicyclic amines) is 1. The number of rotatable bonds is 5. The average molecular weight is 483 g/mol. The summed E-state index contributed by atoms with van der Waals surface area (Å²) in [5.41, 5.74) is 2.52. The Hall–Kier alpha value is -3.00. The van der Waals surface area contributed by atoms with Crippen LogP contribution < -0.4 is 5.32 Å². The minimum absolute atomic E-state index is 0.0301. The molecule has 1 aliphatic heterocycles.